The number of benzene rings is 2. The van der Waals surface area contributed by atoms with E-state index in [1.165, 1.54) is 6.08 Å². The molecule has 0 amide bonds. The summed E-state index contributed by atoms with van der Waals surface area (Å²) in [5.41, 5.74) is 1.13. The summed E-state index contributed by atoms with van der Waals surface area (Å²) in [7, 11) is 0. The molecule has 0 spiro atoms. The Bertz CT molecular complexity index is 718. The third-order valence-electron chi connectivity index (χ3n) is 3.06. The van der Waals surface area contributed by atoms with Crippen molar-refractivity contribution in [1.29, 1.82) is 0 Å². The smallest absolute Gasteiger partial charge is 0.231 e. The molecule has 0 saturated carbocycles. The Balaban J connectivity index is 1.85. The second-order valence-electron chi connectivity index (χ2n) is 4.40. The topological polar surface area (TPSA) is 35.5 Å². The Morgan fingerprint density at radius 1 is 1.05 bits per heavy atom. The second kappa shape index (κ2) is 5.80. The first-order chi connectivity index (χ1) is 10.1. The number of carbonyl (C=O) groups is 1. The standard InChI is InChI=1S/C16H10Cl2O3/c17-12-2-1-3-13(18)11(12)5-6-14(19)10-4-7-15-16(8-10)21-9-20-15/h1-8H,9H2/b6-5+. The molecule has 0 N–H and O–H groups in total. The Kier molecular flexibility index (Phi) is 3.86. The zero-order chi connectivity index (χ0) is 14.8. The maximum atomic E-state index is 12.2. The van der Waals surface area contributed by atoms with E-state index >= 15 is 0 Å². The van der Waals surface area contributed by atoms with Gasteiger partial charge in [0.15, 0.2) is 17.3 Å². The molecule has 21 heavy (non-hydrogen) atoms. The second-order valence-corrected chi connectivity index (χ2v) is 5.22. The van der Waals surface area contributed by atoms with E-state index in [0.717, 1.165) is 0 Å². The van der Waals surface area contributed by atoms with Gasteiger partial charge in [0.05, 0.1) is 0 Å². The van der Waals surface area contributed by atoms with Crippen molar-refractivity contribution in [2.45, 2.75) is 0 Å². The van der Waals surface area contributed by atoms with Crippen molar-refractivity contribution >= 4 is 35.1 Å². The van der Waals surface area contributed by atoms with Crippen molar-refractivity contribution in [3.63, 3.8) is 0 Å². The zero-order valence-corrected chi connectivity index (χ0v) is 12.3. The Morgan fingerprint density at radius 2 is 1.76 bits per heavy atom. The predicted molar refractivity (Wildman–Crippen MR) is 82.4 cm³/mol. The van der Waals surface area contributed by atoms with Crippen LogP contribution in [0.15, 0.2) is 42.5 Å². The molecule has 0 unspecified atom stereocenters. The van der Waals surface area contributed by atoms with Crippen LogP contribution in [0.4, 0.5) is 0 Å². The molecule has 3 rings (SSSR count). The average molecular weight is 321 g/mol. The molecular formula is C16H10Cl2O3. The number of ether oxygens (including phenoxy) is 2. The highest BCUT2D eigenvalue weighted by Crippen LogP contribution is 2.33. The lowest BCUT2D eigenvalue weighted by atomic mass is 10.1. The van der Waals surface area contributed by atoms with E-state index in [0.29, 0.717) is 32.7 Å². The molecule has 0 fully saturated rings. The van der Waals surface area contributed by atoms with E-state index in [1.54, 1.807) is 42.5 Å². The van der Waals surface area contributed by atoms with Gasteiger partial charge in [-0.1, -0.05) is 29.3 Å². The number of halogens is 2. The van der Waals surface area contributed by atoms with Crippen LogP contribution in [-0.2, 0) is 0 Å². The largest absolute Gasteiger partial charge is 0.454 e. The Morgan fingerprint density at radius 3 is 2.52 bits per heavy atom. The van der Waals surface area contributed by atoms with Crippen molar-refractivity contribution in [1.82, 2.24) is 0 Å². The average Bonchev–Trinajstić information content (AvgIpc) is 2.93. The molecule has 106 valence electrons. The number of ketones is 1. The summed E-state index contributed by atoms with van der Waals surface area (Å²) >= 11 is 12.1. The van der Waals surface area contributed by atoms with E-state index in [1.807, 2.05) is 0 Å². The molecular weight excluding hydrogens is 311 g/mol. The number of allylic oxidation sites excluding steroid dienone is 1. The van der Waals surface area contributed by atoms with Gasteiger partial charge in [0, 0.05) is 21.2 Å². The minimum Gasteiger partial charge on any atom is -0.454 e. The summed E-state index contributed by atoms with van der Waals surface area (Å²) in [6.45, 7) is 0.179. The molecule has 1 heterocycles. The number of hydrogen-bond acceptors (Lipinski definition) is 3. The third kappa shape index (κ3) is 2.89. The Hall–Kier alpha value is -1.97. The summed E-state index contributed by atoms with van der Waals surface area (Å²) in [4.78, 5) is 12.2. The van der Waals surface area contributed by atoms with Gasteiger partial charge in [-0.25, -0.2) is 0 Å². The van der Waals surface area contributed by atoms with Crippen molar-refractivity contribution in [2.75, 3.05) is 6.79 Å². The fourth-order valence-corrected chi connectivity index (χ4v) is 2.50. The van der Waals surface area contributed by atoms with Gasteiger partial charge in [-0.3, -0.25) is 4.79 Å². The van der Waals surface area contributed by atoms with Crippen LogP contribution in [0.5, 0.6) is 11.5 Å². The molecule has 0 radical (unpaired) electrons. The van der Waals surface area contributed by atoms with Crippen LogP contribution in [0.2, 0.25) is 10.0 Å². The van der Waals surface area contributed by atoms with Gasteiger partial charge < -0.3 is 9.47 Å². The normalized spacial score (nSPS) is 12.9. The fourth-order valence-electron chi connectivity index (χ4n) is 1.97. The molecule has 0 bridgehead atoms. The van der Waals surface area contributed by atoms with Gasteiger partial charge in [-0.15, -0.1) is 0 Å². The minimum atomic E-state index is -0.163. The molecule has 3 nitrogen and oxygen atoms in total. The molecule has 0 saturated heterocycles. The molecule has 2 aromatic rings. The number of carbonyl (C=O) groups excluding carboxylic acids is 1. The van der Waals surface area contributed by atoms with Crippen LogP contribution in [0.25, 0.3) is 6.08 Å². The molecule has 0 aromatic heterocycles. The fraction of sp³-hybridized carbons (Fsp3) is 0.0625. The summed E-state index contributed by atoms with van der Waals surface area (Å²) < 4.78 is 10.5. The van der Waals surface area contributed by atoms with Crippen LogP contribution in [0, 0.1) is 0 Å². The lowest BCUT2D eigenvalue weighted by Crippen LogP contribution is -1.94. The molecule has 5 heteroatoms. The highest BCUT2D eigenvalue weighted by molar-refractivity contribution is 6.37. The third-order valence-corrected chi connectivity index (χ3v) is 3.72. The minimum absolute atomic E-state index is 0.163. The summed E-state index contributed by atoms with van der Waals surface area (Å²) in [5, 5.41) is 0.995. The highest BCUT2D eigenvalue weighted by atomic mass is 35.5. The van der Waals surface area contributed by atoms with Gasteiger partial charge in [0.1, 0.15) is 0 Å². The van der Waals surface area contributed by atoms with Crippen LogP contribution in [-0.4, -0.2) is 12.6 Å². The number of fused-ring (bicyclic) bond motifs is 1. The zero-order valence-electron chi connectivity index (χ0n) is 10.8. The van der Waals surface area contributed by atoms with Gasteiger partial charge in [-0.2, -0.15) is 0 Å². The van der Waals surface area contributed by atoms with Gasteiger partial charge in [0.2, 0.25) is 6.79 Å². The number of rotatable bonds is 3. The van der Waals surface area contributed by atoms with E-state index in [-0.39, 0.29) is 12.6 Å². The first-order valence-corrected chi connectivity index (χ1v) is 6.97. The van der Waals surface area contributed by atoms with E-state index in [9.17, 15) is 4.79 Å². The lowest BCUT2D eigenvalue weighted by molar-refractivity contribution is 0.104. The lowest BCUT2D eigenvalue weighted by Gasteiger charge is -2.01. The molecule has 2 aromatic carbocycles. The van der Waals surface area contributed by atoms with Crippen LogP contribution in [0.3, 0.4) is 0 Å². The van der Waals surface area contributed by atoms with Crippen molar-refractivity contribution in [3.8, 4) is 11.5 Å². The molecule has 0 atom stereocenters. The molecule has 0 aliphatic carbocycles. The van der Waals surface area contributed by atoms with Crippen LogP contribution >= 0.6 is 23.2 Å². The Labute approximate surface area is 131 Å². The maximum absolute atomic E-state index is 12.2. The first kappa shape index (κ1) is 14.0. The van der Waals surface area contributed by atoms with E-state index < -0.39 is 0 Å². The van der Waals surface area contributed by atoms with Gasteiger partial charge >= 0.3 is 0 Å². The van der Waals surface area contributed by atoms with Gasteiger partial charge in [-0.05, 0) is 42.5 Å². The van der Waals surface area contributed by atoms with Gasteiger partial charge in [0.25, 0.3) is 0 Å². The quantitative estimate of drug-likeness (QED) is 0.611. The summed E-state index contributed by atoms with van der Waals surface area (Å²) in [5.74, 6) is 1.05. The van der Waals surface area contributed by atoms with Crippen LogP contribution < -0.4 is 9.47 Å². The predicted octanol–water partition coefficient (Wildman–Crippen LogP) is 4.62. The SMILES string of the molecule is O=C(/C=C/c1c(Cl)cccc1Cl)c1ccc2c(c1)OCO2. The van der Waals surface area contributed by atoms with Crippen molar-refractivity contribution in [3.05, 3.63) is 63.6 Å². The monoisotopic (exact) mass is 320 g/mol. The van der Waals surface area contributed by atoms with E-state index in [2.05, 4.69) is 0 Å². The number of hydrogen-bond donors (Lipinski definition) is 0. The van der Waals surface area contributed by atoms with Crippen molar-refractivity contribution < 1.29 is 14.3 Å². The maximum Gasteiger partial charge on any atom is 0.231 e. The van der Waals surface area contributed by atoms with Crippen molar-refractivity contribution in [2.24, 2.45) is 0 Å². The first-order valence-electron chi connectivity index (χ1n) is 6.21. The van der Waals surface area contributed by atoms with Crippen LogP contribution in [0.1, 0.15) is 15.9 Å². The molecule has 1 aliphatic heterocycles. The van der Waals surface area contributed by atoms with E-state index in [4.69, 9.17) is 32.7 Å². The highest BCUT2D eigenvalue weighted by Gasteiger charge is 2.15. The molecule has 1 aliphatic rings. The summed E-state index contributed by atoms with van der Waals surface area (Å²) in [6.07, 6.45) is 3.04. The summed E-state index contributed by atoms with van der Waals surface area (Å²) in [6, 6.07) is 10.3.